The Hall–Kier alpha value is -2.31. The van der Waals surface area contributed by atoms with E-state index in [9.17, 15) is 12.8 Å². The molecule has 0 spiro atoms. The highest BCUT2D eigenvalue weighted by molar-refractivity contribution is 7.90. The summed E-state index contributed by atoms with van der Waals surface area (Å²) < 4.78 is 43.2. The minimum Gasteiger partial charge on any atom is -0.454 e. The highest BCUT2D eigenvalue weighted by Gasteiger charge is 2.26. The van der Waals surface area contributed by atoms with Crippen molar-refractivity contribution in [1.29, 1.82) is 0 Å². The molecule has 2 heterocycles. The molecule has 0 radical (unpaired) electrons. The summed E-state index contributed by atoms with van der Waals surface area (Å²) >= 11 is 6.40. The van der Waals surface area contributed by atoms with E-state index < -0.39 is 9.84 Å². The van der Waals surface area contributed by atoms with E-state index in [0.29, 0.717) is 45.1 Å². The Labute approximate surface area is 148 Å². The molecule has 1 aliphatic heterocycles. The monoisotopic (exact) mass is 377 g/mol. The van der Waals surface area contributed by atoms with Crippen LogP contribution in [0.2, 0.25) is 0 Å². The van der Waals surface area contributed by atoms with Gasteiger partial charge in [0.15, 0.2) is 15.6 Å². The lowest BCUT2D eigenvalue weighted by molar-refractivity contribution is 0.596. The fraction of sp³-hybridized carbons (Fsp3) is 0.111. The van der Waals surface area contributed by atoms with Gasteiger partial charge in [-0.3, -0.25) is 0 Å². The minimum absolute atomic E-state index is 0.198. The third-order valence-electron chi connectivity index (χ3n) is 4.12. The number of benzene rings is 2. The molecule has 0 unspecified atom stereocenters. The normalized spacial score (nSPS) is 14.5. The van der Waals surface area contributed by atoms with Gasteiger partial charge in [0.05, 0.1) is 17.1 Å². The van der Waals surface area contributed by atoms with E-state index in [1.165, 1.54) is 18.2 Å². The molecule has 3 aromatic rings. The average Bonchev–Trinajstić information content (AvgIpc) is 2.91. The zero-order valence-electron chi connectivity index (χ0n) is 13.1. The first-order valence-electron chi connectivity index (χ1n) is 7.50. The molecule has 4 rings (SSSR count). The number of rotatable bonds is 2. The second-order valence-corrected chi connectivity index (χ2v) is 8.35. The number of furan rings is 1. The molecule has 1 aromatic heterocycles. The van der Waals surface area contributed by atoms with Crippen LogP contribution in [0, 0.1) is 5.82 Å². The lowest BCUT2D eigenvalue weighted by Gasteiger charge is -2.18. The quantitative estimate of drug-likeness (QED) is 0.719. The second kappa shape index (κ2) is 5.61. The summed E-state index contributed by atoms with van der Waals surface area (Å²) in [6.45, 7) is 0.345. The standard InChI is InChI=1S/C18H13ClFNO3S/c1-25(22,23)12-4-2-3-10(7-12)16-14(19)9-21-17-13-8-11(20)5-6-15(13)24-18(16)17/h2-8,21H,9H2,1H3. The van der Waals surface area contributed by atoms with Crippen molar-refractivity contribution in [2.45, 2.75) is 4.90 Å². The second-order valence-electron chi connectivity index (χ2n) is 5.88. The molecule has 0 saturated carbocycles. The first kappa shape index (κ1) is 16.2. The lowest BCUT2D eigenvalue weighted by Crippen LogP contribution is -2.11. The van der Waals surface area contributed by atoms with Gasteiger partial charge in [0.1, 0.15) is 11.4 Å². The number of nitrogens with one attached hydrogen (secondary N) is 1. The van der Waals surface area contributed by atoms with Crippen molar-refractivity contribution in [3.8, 4) is 0 Å². The number of sulfone groups is 1. The molecule has 1 N–H and O–H groups in total. The third-order valence-corrected chi connectivity index (χ3v) is 5.55. The summed E-state index contributed by atoms with van der Waals surface area (Å²) in [7, 11) is -3.35. The van der Waals surface area contributed by atoms with Crippen LogP contribution in [0.1, 0.15) is 11.3 Å². The van der Waals surface area contributed by atoms with E-state index in [1.54, 1.807) is 24.3 Å². The van der Waals surface area contributed by atoms with Crippen LogP contribution in [-0.4, -0.2) is 21.2 Å². The van der Waals surface area contributed by atoms with Gasteiger partial charge in [-0.25, -0.2) is 12.8 Å². The van der Waals surface area contributed by atoms with E-state index in [0.717, 1.165) is 6.26 Å². The maximum atomic E-state index is 13.6. The number of halogens is 2. The largest absolute Gasteiger partial charge is 0.454 e. The zero-order chi connectivity index (χ0) is 17.8. The summed E-state index contributed by atoms with van der Waals surface area (Å²) in [5.74, 6) is 0.113. The number of fused-ring (bicyclic) bond motifs is 3. The fourth-order valence-electron chi connectivity index (χ4n) is 2.97. The molecule has 1 aliphatic rings. The Morgan fingerprint density at radius 1 is 1.20 bits per heavy atom. The van der Waals surface area contributed by atoms with Gasteiger partial charge in [-0.2, -0.15) is 0 Å². The van der Waals surface area contributed by atoms with Gasteiger partial charge in [-0.1, -0.05) is 23.7 Å². The molecule has 128 valence electrons. The number of hydrogen-bond donors (Lipinski definition) is 1. The van der Waals surface area contributed by atoms with Gasteiger partial charge in [0.25, 0.3) is 0 Å². The van der Waals surface area contributed by atoms with Crippen LogP contribution in [0.4, 0.5) is 10.1 Å². The fourth-order valence-corrected chi connectivity index (χ4v) is 3.90. The SMILES string of the molecule is CS(=O)(=O)c1cccc(C2=C(Cl)CNc3c2oc2ccc(F)cc32)c1. The molecule has 4 nitrogen and oxygen atoms in total. The van der Waals surface area contributed by atoms with Crippen LogP contribution < -0.4 is 5.32 Å². The van der Waals surface area contributed by atoms with Crippen LogP contribution in [0.15, 0.2) is 56.8 Å². The van der Waals surface area contributed by atoms with E-state index in [4.69, 9.17) is 16.0 Å². The molecule has 0 amide bonds. The van der Waals surface area contributed by atoms with Gasteiger partial charge in [0, 0.05) is 22.2 Å². The highest BCUT2D eigenvalue weighted by Crippen LogP contribution is 2.43. The first-order valence-corrected chi connectivity index (χ1v) is 9.77. The number of anilines is 1. The van der Waals surface area contributed by atoms with Crippen molar-refractivity contribution in [1.82, 2.24) is 0 Å². The first-order chi connectivity index (χ1) is 11.8. The van der Waals surface area contributed by atoms with Crippen LogP contribution >= 0.6 is 11.6 Å². The van der Waals surface area contributed by atoms with Crippen molar-refractivity contribution in [2.75, 3.05) is 18.1 Å². The van der Waals surface area contributed by atoms with Crippen molar-refractivity contribution >= 4 is 43.7 Å². The molecule has 0 aliphatic carbocycles. The molecule has 0 atom stereocenters. The molecular formula is C18H13ClFNO3S. The summed E-state index contributed by atoms with van der Waals surface area (Å²) in [6, 6.07) is 10.8. The summed E-state index contributed by atoms with van der Waals surface area (Å²) in [6.07, 6.45) is 1.15. The predicted molar refractivity (Wildman–Crippen MR) is 96.1 cm³/mol. The van der Waals surface area contributed by atoms with Crippen molar-refractivity contribution in [3.63, 3.8) is 0 Å². The van der Waals surface area contributed by atoms with Gasteiger partial charge in [0.2, 0.25) is 0 Å². The Kier molecular flexibility index (Phi) is 3.63. The van der Waals surface area contributed by atoms with E-state index >= 15 is 0 Å². The summed E-state index contributed by atoms with van der Waals surface area (Å²) in [5, 5.41) is 4.26. The Morgan fingerprint density at radius 3 is 2.76 bits per heavy atom. The molecule has 0 bridgehead atoms. The van der Waals surface area contributed by atoms with Crippen LogP contribution in [-0.2, 0) is 9.84 Å². The van der Waals surface area contributed by atoms with Crippen molar-refractivity contribution in [2.24, 2.45) is 0 Å². The Bertz CT molecular complexity index is 1150. The summed E-state index contributed by atoms with van der Waals surface area (Å²) in [4.78, 5) is 0.198. The van der Waals surface area contributed by atoms with Crippen LogP contribution in [0.3, 0.4) is 0 Å². The highest BCUT2D eigenvalue weighted by atomic mass is 35.5. The van der Waals surface area contributed by atoms with Gasteiger partial charge >= 0.3 is 0 Å². The van der Waals surface area contributed by atoms with Gasteiger partial charge in [-0.05, 0) is 35.9 Å². The molecule has 0 fully saturated rings. The minimum atomic E-state index is -3.35. The maximum absolute atomic E-state index is 13.6. The molecule has 2 aromatic carbocycles. The van der Waals surface area contributed by atoms with E-state index in [1.807, 2.05) is 0 Å². The van der Waals surface area contributed by atoms with Crippen molar-refractivity contribution in [3.05, 3.63) is 64.6 Å². The molecular weight excluding hydrogens is 365 g/mol. The summed E-state index contributed by atoms with van der Waals surface area (Å²) in [5.41, 5.74) is 2.42. The van der Waals surface area contributed by atoms with E-state index in [-0.39, 0.29) is 10.7 Å². The maximum Gasteiger partial charge on any atom is 0.175 e. The third kappa shape index (κ3) is 2.71. The Balaban J connectivity index is 1.96. The Morgan fingerprint density at radius 2 is 2.00 bits per heavy atom. The predicted octanol–water partition coefficient (Wildman–Crippen LogP) is 4.40. The smallest absolute Gasteiger partial charge is 0.175 e. The average molecular weight is 378 g/mol. The van der Waals surface area contributed by atoms with Gasteiger partial charge in [-0.15, -0.1) is 0 Å². The molecule has 25 heavy (non-hydrogen) atoms. The van der Waals surface area contributed by atoms with E-state index in [2.05, 4.69) is 5.32 Å². The van der Waals surface area contributed by atoms with Crippen molar-refractivity contribution < 1.29 is 17.2 Å². The van der Waals surface area contributed by atoms with Crippen LogP contribution in [0.5, 0.6) is 0 Å². The number of hydrogen-bond acceptors (Lipinski definition) is 4. The van der Waals surface area contributed by atoms with Gasteiger partial charge < -0.3 is 9.73 Å². The lowest BCUT2D eigenvalue weighted by atomic mass is 9.99. The van der Waals surface area contributed by atoms with Crippen LogP contribution in [0.25, 0.3) is 16.5 Å². The molecule has 7 heteroatoms. The zero-order valence-corrected chi connectivity index (χ0v) is 14.7. The molecule has 0 saturated heterocycles. The topological polar surface area (TPSA) is 59.3 Å².